The molecule has 1 N–H and O–H groups in total. The number of aryl methyl sites for hydroxylation is 1. The number of carbonyl (C=O) groups excluding carboxylic acids is 1. The maximum absolute atomic E-state index is 11.8. The van der Waals surface area contributed by atoms with E-state index in [-0.39, 0.29) is 12.4 Å². The van der Waals surface area contributed by atoms with E-state index in [0.29, 0.717) is 18.8 Å². The SMILES string of the molecule is COc1ccc(NC(=O)OCCN(C)CCCc2ccccc2)cc1.Cl. The van der Waals surface area contributed by atoms with Crippen molar-refractivity contribution in [1.29, 1.82) is 0 Å². The Kier molecular flexibility index (Phi) is 10.2. The van der Waals surface area contributed by atoms with E-state index in [1.807, 2.05) is 13.1 Å². The summed E-state index contributed by atoms with van der Waals surface area (Å²) in [6.07, 6.45) is 1.70. The zero-order chi connectivity index (χ0) is 17.9. The number of rotatable bonds is 9. The van der Waals surface area contributed by atoms with Gasteiger partial charge in [-0.25, -0.2) is 4.79 Å². The molecule has 1 amide bonds. The molecule has 0 aliphatic heterocycles. The summed E-state index contributed by atoms with van der Waals surface area (Å²) in [4.78, 5) is 13.9. The van der Waals surface area contributed by atoms with E-state index < -0.39 is 6.09 Å². The molecule has 5 nitrogen and oxygen atoms in total. The molecule has 0 spiro atoms. The molecular formula is C20H27ClN2O3. The number of amides is 1. The van der Waals surface area contributed by atoms with Crippen LogP contribution in [0, 0.1) is 0 Å². The van der Waals surface area contributed by atoms with Gasteiger partial charge in [-0.05, 0) is 56.3 Å². The van der Waals surface area contributed by atoms with Crippen LogP contribution in [0.5, 0.6) is 5.75 Å². The summed E-state index contributed by atoms with van der Waals surface area (Å²) in [6.45, 7) is 2.05. The Labute approximate surface area is 161 Å². The third kappa shape index (κ3) is 8.23. The second-order valence-corrected chi connectivity index (χ2v) is 5.88. The lowest BCUT2D eigenvalue weighted by Crippen LogP contribution is -2.26. The summed E-state index contributed by atoms with van der Waals surface area (Å²) in [7, 11) is 3.64. The van der Waals surface area contributed by atoms with Gasteiger partial charge in [-0.15, -0.1) is 12.4 Å². The third-order valence-electron chi connectivity index (χ3n) is 3.89. The number of ether oxygens (including phenoxy) is 2. The van der Waals surface area contributed by atoms with E-state index in [1.54, 1.807) is 31.4 Å². The smallest absolute Gasteiger partial charge is 0.411 e. The number of anilines is 1. The lowest BCUT2D eigenvalue weighted by atomic mass is 10.1. The first kappa shape index (κ1) is 21.8. The standard InChI is InChI=1S/C20H26N2O3.ClH/c1-22(14-6-9-17-7-4-3-5-8-17)15-16-25-20(23)21-18-10-12-19(24-2)13-11-18;/h3-5,7-8,10-13H,6,9,14-16H2,1-2H3,(H,21,23);1H. The highest BCUT2D eigenvalue weighted by molar-refractivity contribution is 5.85. The average molecular weight is 379 g/mol. The molecular weight excluding hydrogens is 352 g/mol. The van der Waals surface area contributed by atoms with Crippen LogP contribution in [0.25, 0.3) is 0 Å². The van der Waals surface area contributed by atoms with Gasteiger partial charge in [-0.3, -0.25) is 5.32 Å². The van der Waals surface area contributed by atoms with Crippen molar-refractivity contribution in [3.05, 3.63) is 60.2 Å². The molecule has 6 heteroatoms. The van der Waals surface area contributed by atoms with Crippen LogP contribution in [0.15, 0.2) is 54.6 Å². The molecule has 0 saturated carbocycles. The van der Waals surface area contributed by atoms with Gasteiger partial charge in [0.2, 0.25) is 0 Å². The van der Waals surface area contributed by atoms with E-state index >= 15 is 0 Å². The number of halogens is 1. The van der Waals surface area contributed by atoms with Crippen LogP contribution < -0.4 is 10.1 Å². The van der Waals surface area contributed by atoms with E-state index in [4.69, 9.17) is 9.47 Å². The van der Waals surface area contributed by atoms with Gasteiger partial charge in [0.15, 0.2) is 0 Å². The number of likely N-dealkylation sites (N-methyl/N-ethyl adjacent to an activating group) is 1. The van der Waals surface area contributed by atoms with Gasteiger partial charge in [0.1, 0.15) is 12.4 Å². The minimum absolute atomic E-state index is 0. The molecule has 0 aliphatic carbocycles. The van der Waals surface area contributed by atoms with Gasteiger partial charge in [0.05, 0.1) is 7.11 Å². The Morgan fingerprint density at radius 3 is 2.38 bits per heavy atom. The van der Waals surface area contributed by atoms with Crippen LogP contribution in [-0.4, -0.2) is 44.8 Å². The van der Waals surface area contributed by atoms with Crippen molar-refractivity contribution in [3.8, 4) is 5.75 Å². The highest BCUT2D eigenvalue weighted by atomic mass is 35.5. The summed E-state index contributed by atoms with van der Waals surface area (Å²) in [5, 5.41) is 2.70. The molecule has 0 radical (unpaired) electrons. The fourth-order valence-corrected chi connectivity index (χ4v) is 2.43. The van der Waals surface area contributed by atoms with Gasteiger partial charge in [0.25, 0.3) is 0 Å². The van der Waals surface area contributed by atoms with Crippen LogP contribution in [0.2, 0.25) is 0 Å². The molecule has 26 heavy (non-hydrogen) atoms. The Balaban J connectivity index is 0.00000338. The van der Waals surface area contributed by atoms with Crippen LogP contribution in [0.1, 0.15) is 12.0 Å². The topological polar surface area (TPSA) is 50.8 Å². The van der Waals surface area contributed by atoms with Crippen LogP contribution >= 0.6 is 12.4 Å². The largest absolute Gasteiger partial charge is 0.497 e. The van der Waals surface area contributed by atoms with Crippen molar-refractivity contribution in [2.75, 3.05) is 39.2 Å². The van der Waals surface area contributed by atoms with Crippen LogP contribution in [0.4, 0.5) is 10.5 Å². The first-order chi connectivity index (χ1) is 12.2. The number of hydrogen-bond acceptors (Lipinski definition) is 4. The van der Waals surface area contributed by atoms with Gasteiger partial charge in [-0.2, -0.15) is 0 Å². The van der Waals surface area contributed by atoms with Gasteiger partial charge < -0.3 is 14.4 Å². The highest BCUT2D eigenvalue weighted by Gasteiger charge is 2.05. The third-order valence-corrected chi connectivity index (χ3v) is 3.89. The molecule has 2 aromatic carbocycles. The number of nitrogens with one attached hydrogen (secondary N) is 1. The highest BCUT2D eigenvalue weighted by Crippen LogP contribution is 2.15. The fraction of sp³-hybridized carbons (Fsp3) is 0.350. The zero-order valence-electron chi connectivity index (χ0n) is 15.3. The fourth-order valence-electron chi connectivity index (χ4n) is 2.43. The maximum atomic E-state index is 11.8. The van der Waals surface area contributed by atoms with E-state index in [9.17, 15) is 4.79 Å². The zero-order valence-corrected chi connectivity index (χ0v) is 16.1. The number of nitrogens with zero attached hydrogens (tertiary/aromatic N) is 1. The number of methoxy groups -OCH3 is 1. The second kappa shape index (κ2) is 12.2. The van der Waals surface area contributed by atoms with E-state index in [1.165, 1.54) is 5.56 Å². The minimum Gasteiger partial charge on any atom is -0.497 e. The molecule has 0 unspecified atom stereocenters. The minimum atomic E-state index is -0.442. The second-order valence-electron chi connectivity index (χ2n) is 5.88. The van der Waals surface area contributed by atoms with Crippen LogP contribution in [-0.2, 0) is 11.2 Å². The van der Waals surface area contributed by atoms with E-state index in [2.05, 4.69) is 34.5 Å². The lowest BCUT2D eigenvalue weighted by molar-refractivity contribution is 0.146. The van der Waals surface area contributed by atoms with Crippen molar-refractivity contribution < 1.29 is 14.3 Å². The normalized spacial score (nSPS) is 10.1. The Morgan fingerprint density at radius 2 is 1.73 bits per heavy atom. The quantitative estimate of drug-likeness (QED) is 0.709. The van der Waals surface area contributed by atoms with Gasteiger partial charge in [-0.1, -0.05) is 30.3 Å². The number of benzene rings is 2. The molecule has 142 valence electrons. The summed E-state index contributed by atoms with van der Waals surface area (Å²) in [5.41, 5.74) is 2.04. The monoisotopic (exact) mass is 378 g/mol. The van der Waals surface area contributed by atoms with Crippen LogP contribution in [0.3, 0.4) is 0 Å². The molecule has 2 rings (SSSR count). The lowest BCUT2D eigenvalue weighted by Gasteiger charge is -2.16. The number of hydrogen-bond donors (Lipinski definition) is 1. The van der Waals surface area contributed by atoms with Crippen molar-refractivity contribution in [1.82, 2.24) is 4.90 Å². The number of carbonyl (C=O) groups is 1. The van der Waals surface area contributed by atoms with Gasteiger partial charge >= 0.3 is 6.09 Å². The molecule has 0 heterocycles. The predicted octanol–water partition coefficient (Wildman–Crippen LogP) is 4.23. The maximum Gasteiger partial charge on any atom is 0.411 e. The van der Waals surface area contributed by atoms with Crippen molar-refractivity contribution in [3.63, 3.8) is 0 Å². The molecule has 2 aromatic rings. The summed E-state index contributed by atoms with van der Waals surface area (Å²) < 4.78 is 10.3. The Bertz CT molecular complexity index is 635. The Hall–Kier alpha value is -2.24. The first-order valence-corrected chi connectivity index (χ1v) is 8.47. The summed E-state index contributed by atoms with van der Waals surface area (Å²) in [5.74, 6) is 0.746. The summed E-state index contributed by atoms with van der Waals surface area (Å²) >= 11 is 0. The van der Waals surface area contributed by atoms with Crippen molar-refractivity contribution >= 4 is 24.2 Å². The molecule has 0 fully saturated rings. The predicted molar refractivity (Wildman–Crippen MR) is 107 cm³/mol. The molecule has 0 aromatic heterocycles. The molecule has 0 saturated heterocycles. The average Bonchev–Trinajstić information content (AvgIpc) is 2.63. The van der Waals surface area contributed by atoms with Crippen molar-refractivity contribution in [2.45, 2.75) is 12.8 Å². The summed E-state index contributed by atoms with van der Waals surface area (Å²) in [6, 6.07) is 17.6. The first-order valence-electron chi connectivity index (χ1n) is 8.47. The molecule has 0 atom stereocenters. The molecule has 0 aliphatic rings. The van der Waals surface area contributed by atoms with E-state index in [0.717, 1.165) is 25.1 Å². The van der Waals surface area contributed by atoms with Gasteiger partial charge in [0, 0.05) is 12.2 Å². The molecule has 0 bridgehead atoms. The Morgan fingerprint density at radius 1 is 1.04 bits per heavy atom. The van der Waals surface area contributed by atoms with Crippen molar-refractivity contribution in [2.24, 2.45) is 0 Å².